The van der Waals surface area contributed by atoms with E-state index in [1.165, 1.54) is 0 Å². The summed E-state index contributed by atoms with van der Waals surface area (Å²) in [5, 5.41) is 2.67. The molecule has 1 aromatic rings. The summed E-state index contributed by atoms with van der Waals surface area (Å²) in [4.78, 5) is 23.4. The van der Waals surface area contributed by atoms with E-state index in [0.29, 0.717) is 5.56 Å². The summed E-state index contributed by atoms with van der Waals surface area (Å²) < 4.78 is 0. The van der Waals surface area contributed by atoms with Gasteiger partial charge >= 0.3 is 0 Å². The molecule has 0 radical (unpaired) electrons. The zero-order chi connectivity index (χ0) is 13.0. The number of aryl methyl sites for hydroxylation is 2. The molecule has 3 heteroatoms. The fraction of sp³-hybridized carbons (Fsp3) is 0.429. The lowest BCUT2D eigenvalue weighted by Gasteiger charge is -2.10. The minimum absolute atomic E-state index is 0.0459. The molecule has 0 saturated heterocycles. The number of benzene rings is 1. The molecule has 0 spiro atoms. The van der Waals surface area contributed by atoms with Gasteiger partial charge < -0.3 is 5.32 Å². The zero-order valence-electron chi connectivity index (χ0n) is 10.8. The van der Waals surface area contributed by atoms with Crippen molar-refractivity contribution in [2.75, 3.05) is 6.54 Å². The maximum absolute atomic E-state index is 12.0. The molecule has 17 heavy (non-hydrogen) atoms. The largest absolute Gasteiger partial charge is 0.345 e. The maximum Gasteiger partial charge on any atom is 0.252 e. The van der Waals surface area contributed by atoms with Gasteiger partial charge in [0.05, 0.1) is 6.54 Å². The first kappa shape index (κ1) is 13.4. The molecule has 1 amide bonds. The number of carbonyl (C=O) groups excluding carboxylic acids is 2. The molecule has 1 N–H and O–H groups in total. The van der Waals surface area contributed by atoms with Crippen molar-refractivity contribution in [2.45, 2.75) is 27.7 Å². The second kappa shape index (κ2) is 5.62. The zero-order valence-corrected chi connectivity index (χ0v) is 10.8. The normalized spacial score (nSPS) is 10.4. The van der Waals surface area contributed by atoms with Crippen LogP contribution >= 0.6 is 0 Å². The summed E-state index contributed by atoms with van der Waals surface area (Å²) in [6, 6.07) is 5.71. The smallest absolute Gasteiger partial charge is 0.252 e. The molecule has 1 rings (SSSR count). The van der Waals surface area contributed by atoms with Crippen LogP contribution in [0.15, 0.2) is 18.2 Å². The van der Waals surface area contributed by atoms with Crippen molar-refractivity contribution in [1.29, 1.82) is 0 Å². The Balaban J connectivity index is 2.74. The molecule has 0 bridgehead atoms. The van der Waals surface area contributed by atoms with Crippen LogP contribution < -0.4 is 5.32 Å². The lowest BCUT2D eigenvalue weighted by atomic mass is 10.0. The molecule has 0 fully saturated rings. The lowest BCUT2D eigenvalue weighted by molar-refractivity contribution is -0.120. The molecule has 0 aromatic heterocycles. The number of nitrogens with one attached hydrogen (secondary N) is 1. The Labute approximate surface area is 102 Å². The van der Waals surface area contributed by atoms with E-state index in [1.807, 2.05) is 45.9 Å². The second-order valence-corrected chi connectivity index (χ2v) is 4.57. The van der Waals surface area contributed by atoms with Crippen molar-refractivity contribution < 1.29 is 9.59 Å². The third kappa shape index (κ3) is 3.41. The van der Waals surface area contributed by atoms with Crippen molar-refractivity contribution in [3.8, 4) is 0 Å². The highest BCUT2D eigenvalue weighted by molar-refractivity contribution is 5.99. The van der Waals surface area contributed by atoms with E-state index in [2.05, 4.69) is 5.32 Å². The topological polar surface area (TPSA) is 46.2 Å². The van der Waals surface area contributed by atoms with Crippen LogP contribution in [0.2, 0.25) is 0 Å². The highest BCUT2D eigenvalue weighted by Crippen LogP contribution is 2.12. The predicted molar refractivity (Wildman–Crippen MR) is 68.1 cm³/mol. The summed E-state index contributed by atoms with van der Waals surface area (Å²) in [5.41, 5.74) is 2.53. The van der Waals surface area contributed by atoms with Crippen LogP contribution in [0.4, 0.5) is 0 Å². The number of amides is 1. The quantitative estimate of drug-likeness (QED) is 0.867. The van der Waals surface area contributed by atoms with Crippen molar-refractivity contribution in [1.82, 2.24) is 5.32 Å². The second-order valence-electron chi connectivity index (χ2n) is 4.57. The van der Waals surface area contributed by atoms with E-state index in [1.54, 1.807) is 0 Å². The Bertz CT molecular complexity index is 416. The van der Waals surface area contributed by atoms with Crippen molar-refractivity contribution >= 4 is 11.7 Å². The van der Waals surface area contributed by atoms with Gasteiger partial charge in [0.2, 0.25) is 0 Å². The molecule has 0 atom stereocenters. The average Bonchev–Trinajstić information content (AvgIpc) is 2.25. The molecule has 0 heterocycles. The van der Waals surface area contributed by atoms with E-state index in [9.17, 15) is 9.59 Å². The Hall–Kier alpha value is -1.64. The number of Topliss-reactive ketones (excluding diaryl/α,β-unsaturated/α-hetero) is 1. The molecule has 92 valence electrons. The Morgan fingerprint density at radius 3 is 2.18 bits per heavy atom. The van der Waals surface area contributed by atoms with Gasteiger partial charge in [-0.15, -0.1) is 0 Å². The molecular formula is C14H19NO2. The molecule has 3 nitrogen and oxygen atoms in total. The summed E-state index contributed by atoms with van der Waals surface area (Å²) in [6.45, 7) is 7.55. The summed E-state index contributed by atoms with van der Waals surface area (Å²) >= 11 is 0. The van der Waals surface area contributed by atoms with Crippen LogP contribution in [0.3, 0.4) is 0 Å². The first-order chi connectivity index (χ1) is 7.93. The van der Waals surface area contributed by atoms with Crippen LogP contribution in [0, 0.1) is 19.8 Å². The molecule has 0 aliphatic heterocycles. The lowest BCUT2D eigenvalue weighted by Crippen LogP contribution is -2.32. The highest BCUT2D eigenvalue weighted by Gasteiger charge is 2.13. The maximum atomic E-state index is 12.0. The van der Waals surface area contributed by atoms with E-state index in [0.717, 1.165) is 11.1 Å². The number of hydrogen-bond acceptors (Lipinski definition) is 2. The minimum atomic E-state index is -0.172. The molecule has 0 unspecified atom stereocenters. The monoisotopic (exact) mass is 233 g/mol. The van der Waals surface area contributed by atoms with Crippen LogP contribution in [0.5, 0.6) is 0 Å². The molecule has 0 saturated carbocycles. The minimum Gasteiger partial charge on any atom is -0.345 e. The van der Waals surface area contributed by atoms with Gasteiger partial charge in [-0.3, -0.25) is 9.59 Å². The number of hydrogen-bond donors (Lipinski definition) is 1. The van der Waals surface area contributed by atoms with Crippen LogP contribution in [-0.4, -0.2) is 18.2 Å². The Morgan fingerprint density at radius 1 is 1.18 bits per heavy atom. The van der Waals surface area contributed by atoms with Crippen LogP contribution in [-0.2, 0) is 4.79 Å². The first-order valence-electron chi connectivity index (χ1n) is 5.80. The summed E-state index contributed by atoms with van der Waals surface area (Å²) in [5.74, 6) is -0.174. The van der Waals surface area contributed by atoms with E-state index in [4.69, 9.17) is 0 Å². The van der Waals surface area contributed by atoms with Gasteiger partial charge in [-0.25, -0.2) is 0 Å². The highest BCUT2D eigenvalue weighted by atomic mass is 16.2. The van der Waals surface area contributed by atoms with Crippen molar-refractivity contribution in [3.05, 3.63) is 34.9 Å². The number of rotatable bonds is 4. The van der Waals surface area contributed by atoms with Gasteiger partial charge in [-0.05, 0) is 25.0 Å². The van der Waals surface area contributed by atoms with Crippen molar-refractivity contribution in [3.63, 3.8) is 0 Å². The van der Waals surface area contributed by atoms with Gasteiger partial charge in [-0.1, -0.05) is 32.0 Å². The van der Waals surface area contributed by atoms with Crippen LogP contribution in [0.25, 0.3) is 0 Å². The van der Waals surface area contributed by atoms with Crippen LogP contribution in [0.1, 0.15) is 35.3 Å². The third-order valence-corrected chi connectivity index (χ3v) is 2.78. The van der Waals surface area contributed by atoms with E-state index >= 15 is 0 Å². The van der Waals surface area contributed by atoms with Gasteiger partial charge in [0.1, 0.15) is 0 Å². The number of ketones is 1. The Morgan fingerprint density at radius 2 is 1.71 bits per heavy atom. The molecule has 0 aliphatic rings. The summed E-state index contributed by atoms with van der Waals surface area (Å²) in [6.07, 6.45) is 0. The summed E-state index contributed by atoms with van der Waals surface area (Å²) in [7, 11) is 0. The Kier molecular flexibility index (Phi) is 4.44. The molecule has 0 aliphatic carbocycles. The number of carbonyl (C=O) groups is 2. The first-order valence-corrected chi connectivity index (χ1v) is 5.80. The SMILES string of the molecule is Cc1cccc(C)c1C(=O)NCC(=O)C(C)C. The fourth-order valence-corrected chi connectivity index (χ4v) is 1.63. The van der Waals surface area contributed by atoms with Gasteiger partial charge in [0, 0.05) is 11.5 Å². The molecular weight excluding hydrogens is 214 g/mol. The van der Waals surface area contributed by atoms with Gasteiger partial charge in [-0.2, -0.15) is 0 Å². The average molecular weight is 233 g/mol. The van der Waals surface area contributed by atoms with Gasteiger partial charge in [0.15, 0.2) is 5.78 Å². The predicted octanol–water partition coefficient (Wildman–Crippen LogP) is 2.26. The molecule has 1 aromatic carbocycles. The van der Waals surface area contributed by atoms with E-state index in [-0.39, 0.29) is 24.2 Å². The third-order valence-electron chi connectivity index (χ3n) is 2.78. The standard InChI is InChI=1S/C14H19NO2/c1-9(2)12(16)8-15-14(17)13-10(3)6-5-7-11(13)4/h5-7,9H,8H2,1-4H3,(H,15,17). The van der Waals surface area contributed by atoms with Crippen molar-refractivity contribution in [2.24, 2.45) is 5.92 Å². The van der Waals surface area contributed by atoms with Gasteiger partial charge in [0.25, 0.3) is 5.91 Å². The fourth-order valence-electron chi connectivity index (χ4n) is 1.63. The van der Waals surface area contributed by atoms with E-state index < -0.39 is 0 Å².